The molecule has 1 aliphatic heterocycles. The lowest BCUT2D eigenvalue weighted by atomic mass is 9.92. The number of hydrogen-bond donors (Lipinski definition) is 3. The van der Waals surface area contributed by atoms with Gasteiger partial charge in [0, 0.05) is 52.5 Å². The predicted molar refractivity (Wildman–Crippen MR) is 173 cm³/mol. The van der Waals surface area contributed by atoms with Crippen LogP contribution >= 0.6 is 11.6 Å². The molecule has 246 valence electrons. The molecule has 0 aliphatic carbocycles. The molecule has 3 aromatic carbocycles. The maximum atomic E-state index is 14.3. The van der Waals surface area contributed by atoms with E-state index in [1.54, 1.807) is 54.6 Å². The van der Waals surface area contributed by atoms with E-state index in [2.05, 4.69) is 5.32 Å². The Morgan fingerprint density at radius 2 is 1.74 bits per heavy atom. The number of nitrogens with one attached hydrogen (secondary N) is 1. The molecular weight excluding hydrogens is 616 g/mol. The maximum Gasteiger partial charge on any atom is 0.303 e. The number of nitrogens with zero attached hydrogens (tertiary/aromatic N) is 1. The number of methoxy groups -OCH3 is 3. The van der Waals surface area contributed by atoms with Crippen molar-refractivity contribution in [2.75, 3.05) is 44.7 Å². The summed E-state index contributed by atoms with van der Waals surface area (Å²) in [7, 11) is 4.50. The van der Waals surface area contributed by atoms with Crippen molar-refractivity contribution in [1.82, 2.24) is 0 Å². The monoisotopic (exact) mass is 654 g/mol. The molecule has 0 radical (unpaired) electrons. The van der Waals surface area contributed by atoms with Crippen molar-refractivity contribution in [3.63, 3.8) is 0 Å². The Bertz CT molecular complexity index is 1590. The van der Waals surface area contributed by atoms with Crippen LogP contribution in [0.2, 0.25) is 5.02 Å². The second-order valence-corrected chi connectivity index (χ2v) is 12.1. The number of aryl methyl sites for hydroxylation is 1. The van der Waals surface area contributed by atoms with Crippen LogP contribution in [-0.4, -0.2) is 68.6 Å². The first-order valence-corrected chi connectivity index (χ1v) is 15.1. The van der Waals surface area contributed by atoms with Crippen molar-refractivity contribution < 1.29 is 43.5 Å². The summed E-state index contributed by atoms with van der Waals surface area (Å²) >= 11 is 6.48. The van der Waals surface area contributed by atoms with Gasteiger partial charge in [0.2, 0.25) is 5.91 Å². The average molecular weight is 655 g/mol. The third-order valence-corrected chi connectivity index (χ3v) is 7.91. The number of carboxylic acids is 1. The maximum absolute atomic E-state index is 14.3. The van der Waals surface area contributed by atoms with Crippen molar-refractivity contribution in [1.29, 1.82) is 0 Å². The number of amides is 2. The first-order chi connectivity index (χ1) is 21.9. The first kappa shape index (κ1) is 34.6. The zero-order chi connectivity index (χ0) is 33.6. The molecular formula is C34H39ClN2O9. The summed E-state index contributed by atoms with van der Waals surface area (Å²) < 4.78 is 23.2. The molecule has 0 unspecified atom stereocenters. The summed E-state index contributed by atoms with van der Waals surface area (Å²) in [6, 6.07) is 15.3. The quantitative estimate of drug-likeness (QED) is 0.225. The van der Waals surface area contributed by atoms with Gasteiger partial charge in [0.25, 0.3) is 5.91 Å². The van der Waals surface area contributed by atoms with Gasteiger partial charge in [0.1, 0.15) is 18.0 Å². The van der Waals surface area contributed by atoms with Crippen LogP contribution in [0.4, 0.5) is 11.4 Å². The number of fused-ring (bicyclic) bond motifs is 1. The Balaban J connectivity index is 1.75. The fourth-order valence-corrected chi connectivity index (χ4v) is 5.56. The number of halogens is 1. The molecule has 12 heteroatoms. The van der Waals surface area contributed by atoms with E-state index in [4.69, 9.17) is 35.7 Å². The van der Waals surface area contributed by atoms with E-state index in [-0.39, 0.29) is 32.4 Å². The van der Waals surface area contributed by atoms with Gasteiger partial charge in [-0.2, -0.15) is 0 Å². The van der Waals surface area contributed by atoms with Crippen LogP contribution in [0.25, 0.3) is 0 Å². The van der Waals surface area contributed by atoms with E-state index < -0.39 is 35.4 Å². The molecule has 2 atom stereocenters. The predicted octanol–water partition coefficient (Wildman–Crippen LogP) is 5.25. The minimum absolute atomic E-state index is 0.113. The van der Waals surface area contributed by atoms with Crippen LogP contribution < -0.4 is 24.4 Å². The van der Waals surface area contributed by atoms with Crippen LogP contribution in [0, 0.1) is 5.41 Å². The average Bonchev–Trinajstić information content (AvgIpc) is 3.13. The third kappa shape index (κ3) is 7.90. The lowest BCUT2D eigenvalue weighted by Gasteiger charge is -2.32. The summed E-state index contributed by atoms with van der Waals surface area (Å²) in [4.78, 5) is 40.5. The number of carboxylic acid groups (broad SMARTS) is 1. The Morgan fingerprint density at radius 3 is 2.39 bits per heavy atom. The van der Waals surface area contributed by atoms with E-state index in [1.807, 2.05) is 13.8 Å². The number of para-hydroxylation sites is 1. The molecule has 11 nitrogen and oxygen atoms in total. The molecule has 0 spiro atoms. The number of aliphatic carboxylic acids is 1. The zero-order valence-electron chi connectivity index (χ0n) is 26.5. The van der Waals surface area contributed by atoms with E-state index in [1.165, 1.54) is 26.2 Å². The van der Waals surface area contributed by atoms with Crippen LogP contribution in [-0.2, 0) is 25.5 Å². The van der Waals surface area contributed by atoms with Gasteiger partial charge >= 0.3 is 5.97 Å². The van der Waals surface area contributed by atoms with Gasteiger partial charge in [-0.3, -0.25) is 14.4 Å². The highest BCUT2D eigenvalue weighted by atomic mass is 35.5. The summed E-state index contributed by atoms with van der Waals surface area (Å²) in [5.74, 6) is -0.591. The van der Waals surface area contributed by atoms with Crippen molar-refractivity contribution in [3.05, 3.63) is 76.3 Å². The Labute approximate surface area is 273 Å². The van der Waals surface area contributed by atoms with Gasteiger partial charge in [0.15, 0.2) is 11.5 Å². The molecule has 0 bridgehead atoms. The SMILES string of the molecule is COc1ccc(NC(=O)C[C@H]2O[C@H](c3cccc(OC)c3OC)c3cc(Cl)ccc3N(CC(C)(C)CO)C2=O)cc1CCC(=O)O. The normalized spacial score (nSPS) is 16.3. The van der Waals surface area contributed by atoms with E-state index in [0.29, 0.717) is 50.3 Å². The van der Waals surface area contributed by atoms with E-state index in [0.717, 1.165) is 0 Å². The Hall–Kier alpha value is -4.32. The van der Waals surface area contributed by atoms with Gasteiger partial charge in [-0.15, -0.1) is 0 Å². The zero-order valence-corrected chi connectivity index (χ0v) is 27.2. The lowest BCUT2D eigenvalue weighted by Crippen LogP contribution is -2.46. The largest absolute Gasteiger partial charge is 0.496 e. The number of aliphatic hydroxyl groups excluding tert-OH is 1. The van der Waals surface area contributed by atoms with Crippen molar-refractivity contribution in [2.45, 2.75) is 45.3 Å². The minimum Gasteiger partial charge on any atom is -0.496 e. The number of ether oxygens (including phenoxy) is 4. The fourth-order valence-electron chi connectivity index (χ4n) is 5.38. The number of carbonyl (C=O) groups is 3. The Kier molecular flexibility index (Phi) is 11.2. The molecule has 0 saturated carbocycles. The van der Waals surface area contributed by atoms with Gasteiger partial charge in [-0.25, -0.2) is 0 Å². The smallest absolute Gasteiger partial charge is 0.303 e. The van der Waals surface area contributed by atoms with Crippen LogP contribution in [0.1, 0.15) is 49.5 Å². The summed E-state index contributed by atoms with van der Waals surface area (Å²) in [5, 5.41) is 22.5. The van der Waals surface area contributed by atoms with Crippen LogP contribution in [0.15, 0.2) is 54.6 Å². The number of aliphatic hydroxyl groups is 1. The third-order valence-electron chi connectivity index (χ3n) is 7.68. The van der Waals surface area contributed by atoms with Crippen LogP contribution in [0.3, 0.4) is 0 Å². The van der Waals surface area contributed by atoms with E-state index >= 15 is 0 Å². The molecule has 4 rings (SSSR count). The van der Waals surface area contributed by atoms with Crippen molar-refractivity contribution in [2.24, 2.45) is 5.41 Å². The molecule has 0 saturated heterocycles. The molecule has 0 fully saturated rings. The van der Waals surface area contributed by atoms with Gasteiger partial charge in [-0.1, -0.05) is 37.6 Å². The standard InChI is InChI=1S/C34H39ClN2O9/c1-34(2,19-38)18-37-25-12-10-21(35)16-24(25)31(23-7-6-8-27(44-4)32(23)45-5)46-28(33(37)42)17-29(39)36-22-11-13-26(43-3)20(15-22)9-14-30(40)41/h6-8,10-13,15-16,28,31,38H,9,14,17-19H2,1-5H3,(H,36,39)(H,40,41)/t28-,31-/m1/s1. The first-order valence-electron chi connectivity index (χ1n) is 14.7. The molecule has 3 N–H and O–H groups in total. The lowest BCUT2D eigenvalue weighted by molar-refractivity contribution is -0.137. The molecule has 0 aromatic heterocycles. The Morgan fingerprint density at radius 1 is 1.00 bits per heavy atom. The van der Waals surface area contributed by atoms with Crippen molar-refractivity contribution in [3.8, 4) is 17.2 Å². The number of carbonyl (C=O) groups excluding carboxylic acids is 2. The second kappa shape index (κ2) is 14.8. The number of anilines is 2. The second-order valence-electron chi connectivity index (χ2n) is 11.7. The highest BCUT2D eigenvalue weighted by Crippen LogP contribution is 2.45. The van der Waals surface area contributed by atoms with Crippen molar-refractivity contribution >= 4 is 40.8 Å². The fraction of sp³-hybridized carbons (Fsp3) is 0.382. The summed E-state index contributed by atoms with van der Waals surface area (Å²) in [6.45, 7) is 3.60. The number of rotatable bonds is 13. The molecule has 1 aliphatic rings. The van der Waals surface area contributed by atoms with Gasteiger partial charge in [-0.05, 0) is 54.4 Å². The molecule has 46 heavy (non-hydrogen) atoms. The molecule has 3 aromatic rings. The molecule has 1 heterocycles. The van der Waals surface area contributed by atoms with Gasteiger partial charge in [0.05, 0.1) is 27.8 Å². The number of hydrogen-bond acceptors (Lipinski definition) is 8. The highest BCUT2D eigenvalue weighted by Gasteiger charge is 2.40. The summed E-state index contributed by atoms with van der Waals surface area (Å²) in [6.07, 6.45) is -2.42. The van der Waals surface area contributed by atoms with E-state index in [9.17, 15) is 19.5 Å². The van der Waals surface area contributed by atoms with Crippen LogP contribution in [0.5, 0.6) is 17.2 Å². The topological polar surface area (TPSA) is 144 Å². The molecule has 2 amide bonds. The highest BCUT2D eigenvalue weighted by molar-refractivity contribution is 6.30. The minimum atomic E-state index is -1.26. The summed E-state index contributed by atoms with van der Waals surface area (Å²) in [5.41, 5.74) is 1.98. The van der Waals surface area contributed by atoms with Gasteiger partial charge < -0.3 is 39.4 Å². The number of benzene rings is 3.